The van der Waals surface area contributed by atoms with Gasteiger partial charge in [-0.2, -0.15) is 13.2 Å². The van der Waals surface area contributed by atoms with Crippen LogP contribution in [-0.2, 0) is 19.5 Å². The van der Waals surface area contributed by atoms with Crippen LogP contribution >= 0.6 is 0 Å². The fourth-order valence-corrected chi connectivity index (χ4v) is 2.72. The van der Waals surface area contributed by atoms with Crippen LogP contribution in [0.1, 0.15) is 34.3 Å². The van der Waals surface area contributed by atoms with Gasteiger partial charge in [0.1, 0.15) is 11.5 Å². The number of nitrogens with one attached hydrogen (secondary N) is 1. The number of aromatic nitrogens is 4. The second kappa shape index (κ2) is 6.21. The lowest BCUT2D eigenvalue weighted by molar-refractivity contribution is -0.179. The predicted molar refractivity (Wildman–Crippen MR) is 78.0 cm³/mol. The zero-order valence-electron chi connectivity index (χ0n) is 13.0. The average molecular weight is 339 g/mol. The number of nitrogens with zero attached hydrogens (tertiary/aromatic N) is 4. The second-order valence-electron chi connectivity index (χ2n) is 5.76. The number of fused-ring (bicyclic) bond motifs is 1. The number of amides is 1. The summed E-state index contributed by atoms with van der Waals surface area (Å²) in [4.78, 5) is 16.2. The van der Waals surface area contributed by atoms with Gasteiger partial charge in [-0.1, -0.05) is 6.07 Å². The van der Waals surface area contributed by atoms with Gasteiger partial charge in [-0.3, -0.25) is 4.79 Å². The van der Waals surface area contributed by atoms with Crippen LogP contribution in [0.3, 0.4) is 0 Å². The highest BCUT2D eigenvalue weighted by Gasteiger charge is 2.42. The second-order valence-corrected chi connectivity index (χ2v) is 5.76. The van der Waals surface area contributed by atoms with Gasteiger partial charge in [-0.05, 0) is 25.5 Å². The highest BCUT2D eigenvalue weighted by Crippen LogP contribution is 2.34. The molecular weight excluding hydrogens is 323 g/mol. The topological polar surface area (TPSA) is 72.7 Å². The number of hydrogen-bond acceptors (Lipinski definition) is 4. The Morgan fingerprint density at radius 2 is 2.17 bits per heavy atom. The quantitative estimate of drug-likeness (QED) is 0.929. The third kappa shape index (κ3) is 3.39. The van der Waals surface area contributed by atoms with E-state index in [9.17, 15) is 18.0 Å². The Bertz CT molecular complexity index is 756. The Morgan fingerprint density at radius 1 is 1.38 bits per heavy atom. The minimum absolute atomic E-state index is 0.00504. The summed E-state index contributed by atoms with van der Waals surface area (Å²) < 4.78 is 40.0. The van der Waals surface area contributed by atoms with Crippen molar-refractivity contribution in [2.24, 2.45) is 5.92 Å². The molecule has 0 saturated carbocycles. The standard InChI is InChI=1S/C15H16F3N5O/c1-9-3-2-4-11(20-9)14(24)19-8-13-22-21-12-7-10(15(16,17)18)5-6-23(12)13/h2-4,10H,5-8H2,1H3,(H,19,24). The molecule has 1 N–H and O–H groups in total. The molecule has 1 atom stereocenters. The highest BCUT2D eigenvalue weighted by molar-refractivity contribution is 5.92. The summed E-state index contributed by atoms with van der Waals surface area (Å²) in [6.07, 6.45) is -4.40. The van der Waals surface area contributed by atoms with E-state index in [1.165, 1.54) is 0 Å². The Kier molecular flexibility index (Phi) is 4.25. The zero-order chi connectivity index (χ0) is 17.3. The molecule has 1 aliphatic heterocycles. The van der Waals surface area contributed by atoms with Gasteiger partial charge in [0.25, 0.3) is 5.91 Å². The molecule has 3 rings (SSSR count). The van der Waals surface area contributed by atoms with E-state index in [1.807, 2.05) is 0 Å². The minimum atomic E-state index is -4.22. The number of carbonyl (C=O) groups excluding carboxylic acids is 1. The molecule has 0 bridgehead atoms. The van der Waals surface area contributed by atoms with Crippen molar-refractivity contribution >= 4 is 5.91 Å². The van der Waals surface area contributed by atoms with E-state index in [-0.39, 0.29) is 37.5 Å². The van der Waals surface area contributed by atoms with Gasteiger partial charge in [0, 0.05) is 18.7 Å². The van der Waals surface area contributed by atoms with Gasteiger partial charge in [0.05, 0.1) is 12.5 Å². The van der Waals surface area contributed by atoms with Gasteiger partial charge in [0.2, 0.25) is 0 Å². The molecule has 0 fully saturated rings. The van der Waals surface area contributed by atoms with Crippen molar-refractivity contribution in [3.05, 3.63) is 41.2 Å². The van der Waals surface area contributed by atoms with Crippen LogP contribution < -0.4 is 5.32 Å². The van der Waals surface area contributed by atoms with Crippen LogP contribution in [0.5, 0.6) is 0 Å². The summed E-state index contributed by atoms with van der Waals surface area (Å²) in [6.45, 7) is 2.07. The molecule has 0 saturated heterocycles. The van der Waals surface area contributed by atoms with Crippen molar-refractivity contribution in [1.29, 1.82) is 0 Å². The lowest BCUT2D eigenvalue weighted by atomic mass is 9.97. The molecule has 6 nitrogen and oxygen atoms in total. The average Bonchev–Trinajstić information content (AvgIpc) is 2.94. The maximum absolute atomic E-state index is 12.8. The van der Waals surface area contributed by atoms with Crippen molar-refractivity contribution in [2.75, 3.05) is 0 Å². The zero-order valence-corrected chi connectivity index (χ0v) is 13.0. The number of carbonyl (C=O) groups is 1. The molecule has 128 valence electrons. The van der Waals surface area contributed by atoms with Crippen molar-refractivity contribution in [2.45, 2.75) is 39.0 Å². The third-order valence-electron chi connectivity index (χ3n) is 4.03. The number of rotatable bonds is 3. The fraction of sp³-hybridized carbons (Fsp3) is 0.467. The predicted octanol–water partition coefficient (Wildman–Crippen LogP) is 2.04. The molecule has 0 aromatic carbocycles. The minimum Gasteiger partial charge on any atom is -0.343 e. The normalized spacial score (nSPS) is 17.4. The van der Waals surface area contributed by atoms with E-state index in [1.54, 1.807) is 29.7 Å². The molecular formula is C15H16F3N5O. The maximum atomic E-state index is 12.8. The number of halogens is 3. The fourth-order valence-electron chi connectivity index (χ4n) is 2.72. The number of alkyl halides is 3. The van der Waals surface area contributed by atoms with E-state index in [2.05, 4.69) is 20.5 Å². The lowest BCUT2D eigenvalue weighted by Crippen LogP contribution is -2.32. The van der Waals surface area contributed by atoms with Gasteiger partial charge in [0.15, 0.2) is 5.82 Å². The van der Waals surface area contributed by atoms with Crippen LogP contribution in [0.4, 0.5) is 13.2 Å². The van der Waals surface area contributed by atoms with Gasteiger partial charge in [-0.15, -0.1) is 10.2 Å². The molecule has 2 aromatic rings. The van der Waals surface area contributed by atoms with E-state index in [4.69, 9.17) is 0 Å². The molecule has 1 aliphatic rings. The molecule has 0 spiro atoms. The molecule has 24 heavy (non-hydrogen) atoms. The first-order valence-electron chi connectivity index (χ1n) is 7.54. The first-order valence-corrected chi connectivity index (χ1v) is 7.54. The molecule has 0 aliphatic carbocycles. The van der Waals surface area contributed by atoms with E-state index >= 15 is 0 Å². The molecule has 3 heterocycles. The van der Waals surface area contributed by atoms with Crippen LogP contribution in [0, 0.1) is 12.8 Å². The number of pyridine rings is 1. The summed E-state index contributed by atoms with van der Waals surface area (Å²) in [6, 6.07) is 5.10. The highest BCUT2D eigenvalue weighted by atomic mass is 19.4. The summed E-state index contributed by atoms with van der Waals surface area (Å²) in [5.41, 5.74) is 1.01. The van der Waals surface area contributed by atoms with Crippen molar-refractivity contribution in [1.82, 2.24) is 25.1 Å². The Hall–Kier alpha value is -2.45. The number of aryl methyl sites for hydroxylation is 1. The van der Waals surface area contributed by atoms with Crippen molar-refractivity contribution < 1.29 is 18.0 Å². The van der Waals surface area contributed by atoms with E-state index < -0.39 is 12.1 Å². The first-order chi connectivity index (χ1) is 11.3. The van der Waals surface area contributed by atoms with Crippen molar-refractivity contribution in [3.63, 3.8) is 0 Å². The molecule has 9 heteroatoms. The largest absolute Gasteiger partial charge is 0.392 e. The molecule has 2 aromatic heterocycles. The summed E-state index contributed by atoms with van der Waals surface area (Å²) >= 11 is 0. The van der Waals surface area contributed by atoms with Crippen LogP contribution in [0.15, 0.2) is 18.2 Å². The Labute approximate surface area is 136 Å². The SMILES string of the molecule is Cc1cccc(C(=O)NCc2nnc3n2CCC(C(F)(F)F)C3)n1. The Morgan fingerprint density at radius 3 is 2.88 bits per heavy atom. The van der Waals surface area contributed by atoms with Crippen LogP contribution in [0.25, 0.3) is 0 Å². The first kappa shape index (κ1) is 16.4. The maximum Gasteiger partial charge on any atom is 0.392 e. The van der Waals surface area contributed by atoms with E-state index in [0.717, 1.165) is 5.69 Å². The lowest BCUT2D eigenvalue weighted by Gasteiger charge is -2.25. The van der Waals surface area contributed by atoms with Gasteiger partial charge >= 0.3 is 6.18 Å². The summed E-state index contributed by atoms with van der Waals surface area (Å²) in [5.74, 6) is -0.985. The molecule has 1 unspecified atom stereocenters. The van der Waals surface area contributed by atoms with E-state index in [0.29, 0.717) is 11.6 Å². The van der Waals surface area contributed by atoms with Crippen LogP contribution in [-0.4, -0.2) is 31.8 Å². The van der Waals surface area contributed by atoms with Crippen molar-refractivity contribution in [3.8, 4) is 0 Å². The number of hydrogen-bond donors (Lipinski definition) is 1. The molecule has 1 amide bonds. The summed E-state index contributed by atoms with van der Waals surface area (Å²) in [5, 5.41) is 10.4. The van der Waals surface area contributed by atoms with Crippen LogP contribution in [0.2, 0.25) is 0 Å². The molecule has 0 radical (unpaired) electrons. The summed E-state index contributed by atoms with van der Waals surface area (Å²) in [7, 11) is 0. The smallest absolute Gasteiger partial charge is 0.343 e. The third-order valence-corrected chi connectivity index (χ3v) is 4.03. The monoisotopic (exact) mass is 339 g/mol. The Balaban J connectivity index is 1.66. The van der Waals surface area contributed by atoms with Gasteiger partial charge < -0.3 is 9.88 Å². The van der Waals surface area contributed by atoms with Gasteiger partial charge in [-0.25, -0.2) is 4.98 Å².